The highest BCUT2D eigenvalue weighted by atomic mass is 35.5. The fraction of sp³-hybridized carbons (Fsp3) is 0.429. The van der Waals surface area contributed by atoms with E-state index in [2.05, 4.69) is 10.6 Å². The summed E-state index contributed by atoms with van der Waals surface area (Å²) in [4.78, 5) is 23.2. The van der Waals surface area contributed by atoms with Gasteiger partial charge in [-0.2, -0.15) is 0 Å². The molecule has 20 heavy (non-hydrogen) atoms. The van der Waals surface area contributed by atoms with E-state index >= 15 is 0 Å². The summed E-state index contributed by atoms with van der Waals surface area (Å²) < 4.78 is 0. The molecule has 2 rings (SSSR count). The zero-order valence-corrected chi connectivity index (χ0v) is 11.7. The zero-order valence-electron chi connectivity index (χ0n) is 11.0. The first-order valence-electron chi connectivity index (χ1n) is 6.62. The molecule has 0 unspecified atom stereocenters. The van der Waals surface area contributed by atoms with Crippen molar-refractivity contribution in [3.63, 3.8) is 0 Å². The second-order valence-electron chi connectivity index (χ2n) is 4.86. The van der Waals surface area contributed by atoms with E-state index in [0.717, 1.165) is 12.8 Å². The largest absolute Gasteiger partial charge is 0.507 e. The molecule has 1 aromatic rings. The monoisotopic (exact) mass is 296 g/mol. The van der Waals surface area contributed by atoms with E-state index in [-0.39, 0.29) is 17.2 Å². The Bertz CT molecular complexity index is 515. The van der Waals surface area contributed by atoms with E-state index in [0.29, 0.717) is 30.5 Å². The summed E-state index contributed by atoms with van der Waals surface area (Å²) in [6.45, 7) is 0.378. The molecule has 0 heterocycles. The predicted octanol–water partition coefficient (Wildman–Crippen LogP) is 1.83. The second-order valence-corrected chi connectivity index (χ2v) is 5.30. The molecular weight excluding hydrogens is 280 g/mol. The van der Waals surface area contributed by atoms with E-state index in [1.165, 1.54) is 18.2 Å². The van der Waals surface area contributed by atoms with Crippen molar-refractivity contribution < 1.29 is 14.7 Å². The third kappa shape index (κ3) is 4.42. The maximum absolute atomic E-state index is 11.8. The minimum atomic E-state index is -0.396. The van der Waals surface area contributed by atoms with Crippen LogP contribution in [0.4, 0.5) is 0 Å². The summed E-state index contributed by atoms with van der Waals surface area (Å²) in [6.07, 6.45) is 3.08. The predicted molar refractivity (Wildman–Crippen MR) is 75.8 cm³/mol. The number of hydrogen-bond donors (Lipinski definition) is 3. The number of amides is 2. The topological polar surface area (TPSA) is 78.4 Å². The van der Waals surface area contributed by atoms with Crippen molar-refractivity contribution >= 4 is 23.4 Å². The van der Waals surface area contributed by atoms with Gasteiger partial charge in [0.05, 0.1) is 5.56 Å². The lowest BCUT2D eigenvalue weighted by molar-refractivity contribution is -0.121. The van der Waals surface area contributed by atoms with Gasteiger partial charge in [-0.1, -0.05) is 11.6 Å². The van der Waals surface area contributed by atoms with Gasteiger partial charge < -0.3 is 15.7 Å². The van der Waals surface area contributed by atoms with E-state index in [9.17, 15) is 14.7 Å². The molecule has 0 spiro atoms. The summed E-state index contributed by atoms with van der Waals surface area (Å²) in [5.41, 5.74) is 0.139. The lowest BCUT2D eigenvalue weighted by Crippen LogP contribution is -2.28. The summed E-state index contributed by atoms with van der Waals surface area (Å²) >= 11 is 5.77. The van der Waals surface area contributed by atoms with Crippen LogP contribution in [0.5, 0.6) is 5.75 Å². The molecule has 1 saturated carbocycles. The Morgan fingerprint density at radius 1 is 1.35 bits per heavy atom. The van der Waals surface area contributed by atoms with Crippen LogP contribution in [0.3, 0.4) is 0 Å². The van der Waals surface area contributed by atoms with Gasteiger partial charge in [0, 0.05) is 24.0 Å². The van der Waals surface area contributed by atoms with Gasteiger partial charge in [-0.3, -0.25) is 9.59 Å². The molecule has 1 fully saturated rings. The molecule has 1 aromatic carbocycles. The van der Waals surface area contributed by atoms with Gasteiger partial charge in [-0.15, -0.1) is 0 Å². The van der Waals surface area contributed by atoms with E-state index in [1.807, 2.05) is 0 Å². The Kier molecular flexibility index (Phi) is 4.84. The minimum Gasteiger partial charge on any atom is -0.507 e. The van der Waals surface area contributed by atoms with Crippen molar-refractivity contribution in [1.29, 1.82) is 0 Å². The van der Waals surface area contributed by atoms with Crippen LogP contribution in [0, 0.1) is 0 Å². The standard InChI is InChI=1S/C14H17ClN2O3/c15-9-3-6-12(18)11(8-9)14(20)16-7-1-2-13(19)17-10-4-5-10/h3,6,8,10,18H,1-2,4-5,7H2,(H,16,20)(H,17,19). The van der Waals surface area contributed by atoms with E-state index in [4.69, 9.17) is 11.6 Å². The normalized spacial score (nSPS) is 13.8. The second kappa shape index (κ2) is 6.61. The zero-order chi connectivity index (χ0) is 14.5. The summed E-state index contributed by atoms with van der Waals surface area (Å²) in [6, 6.07) is 4.66. The number of benzene rings is 1. The molecule has 1 aliphatic rings. The Morgan fingerprint density at radius 2 is 2.10 bits per heavy atom. The molecule has 2 amide bonds. The molecule has 0 atom stereocenters. The average molecular weight is 297 g/mol. The number of halogens is 1. The van der Waals surface area contributed by atoms with Crippen LogP contribution in [0.1, 0.15) is 36.0 Å². The minimum absolute atomic E-state index is 0.0207. The molecule has 5 nitrogen and oxygen atoms in total. The highest BCUT2D eigenvalue weighted by molar-refractivity contribution is 6.31. The Labute approximate surface area is 122 Å². The fourth-order valence-corrected chi connectivity index (χ4v) is 1.94. The van der Waals surface area contributed by atoms with Gasteiger partial charge in [-0.05, 0) is 37.5 Å². The SMILES string of the molecule is O=C(CCCNC(=O)c1cc(Cl)ccc1O)NC1CC1. The lowest BCUT2D eigenvalue weighted by atomic mass is 10.2. The third-order valence-electron chi connectivity index (χ3n) is 3.01. The molecule has 0 aromatic heterocycles. The number of hydrogen-bond acceptors (Lipinski definition) is 3. The van der Waals surface area contributed by atoms with Crippen molar-refractivity contribution in [1.82, 2.24) is 10.6 Å². The van der Waals surface area contributed by atoms with Gasteiger partial charge in [0.15, 0.2) is 0 Å². The van der Waals surface area contributed by atoms with Gasteiger partial charge in [0.25, 0.3) is 5.91 Å². The maximum Gasteiger partial charge on any atom is 0.255 e. The van der Waals surface area contributed by atoms with Crippen LogP contribution in [0.2, 0.25) is 5.02 Å². The van der Waals surface area contributed by atoms with Crippen LogP contribution in [-0.4, -0.2) is 29.5 Å². The number of phenols is 1. The molecule has 0 aliphatic heterocycles. The molecule has 0 radical (unpaired) electrons. The molecule has 1 aliphatic carbocycles. The lowest BCUT2D eigenvalue weighted by Gasteiger charge is -2.07. The first kappa shape index (κ1) is 14.7. The van der Waals surface area contributed by atoms with Crippen molar-refractivity contribution in [2.75, 3.05) is 6.54 Å². The highest BCUT2D eigenvalue weighted by Crippen LogP contribution is 2.21. The van der Waals surface area contributed by atoms with Crippen LogP contribution in [0.25, 0.3) is 0 Å². The number of carbonyl (C=O) groups excluding carboxylic acids is 2. The first-order chi connectivity index (χ1) is 9.56. The van der Waals surface area contributed by atoms with Crippen LogP contribution < -0.4 is 10.6 Å². The number of carbonyl (C=O) groups is 2. The molecule has 108 valence electrons. The first-order valence-corrected chi connectivity index (χ1v) is 7.00. The number of rotatable bonds is 6. The van der Waals surface area contributed by atoms with Crippen LogP contribution >= 0.6 is 11.6 Å². The van der Waals surface area contributed by atoms with Crippen molar-refractivity contribution in [3.8, 4) is 5.75 Å². The Hall–Kier alpha value is -1.75. The average Bonchev–Trinajstić information content (AvgIpc) is 3.21. The Morgan fingerprint density at radius 3 is 2.80 bits per heavy atom. The third-order valence-corrected chi connectivity index (χ3v) is 3.25. The number of aromatic hydroxyl groups is 1. The molecule has 3 N–H and O–H groups in total. The van der Waals surface area contributed by atoms with Crippen LogP contribution in [0.15, 0.2) is 18.2 Å². The number of phenolic OH excluding ortho intramolecular Hbond substituents is 1. The molecular formula is C14H17ClN2O3. The summed E-state index contributed by atoms with van der Waals surface area (Å²) in [7, 11) is 0. The van der Waals surface area contributed by atoms with Gasteiger partial charge >= 0.3 is 0 Å². The smallest absolute Gasteiger partial charge is 0.255 e. The molecule has 0 bridgehead atoms. The van der Waals surface area contributed by atoms with Crippen molar-refractivity contribution in [2.24, 2.45) is 0 Å². The molecule has 0 saturated heterocycles. The maximum atomic E-state index is 11.8. The fourth-order valence-electron chi connectivity index (χ4n) is 1.76. The van der Waals surface area contributed by atoms with Crippen LogP contribution in [-0.2, 0) is 4.79 Å². The van der Waals surface area contributed by atoms with E-state index in [1.54, 1.807) is 0 Å². The highest BCUT2D eigenvalue weighted by Gasteiger charge is 2.22. The van der Waals surface area contributed by atoms with Crippen molar-refractivity contribution in [3.05, 3.63) is 28.8 Å². The summed E-state index contributed by atoms with van der Waals surface area (Å²) in [5, 5.41) is 15.5. The number of nitrogens with one attached hydrogen (secondary N) is 2. The summed E-state index contributed by atoms with van der Waals surface area (Å²) in [5.74, 6) is -0.488. The quantitative estimate of drug-likeness (QED) is 0.701. The molecule has 6 heteroatoms. The van der Waals surface area contributed by atoms with Crippen molar-refractivity contribution in [2.45, 2.75) is 31.7 Å². The van der Waals surface area contributed by atoms with Gasteiger partial charge in [-0.25, -0.2) is 0 Å². The Balaban J connectivity index is 1.71. The van der Waals surface area contributed by atoms with Gasteiger partial charge in [0.2, 0.25) is 5.91 Å². The van der Waals surface area contributed by atoms with Gasteiger partial charge in [0.1, 0.15) is 5.75 Å². The van der Waals surface area contributed by atoms with E-state index < -0.39 is 5.91 Å².